The number of rotatable bonds is 0. The van der Waals surface area contributed by atoms with Crippen LogP contribution < -0.4 is 5.73 Å². The zero-order chi connectivity index (χ0) is 9.42. The Balaban J connectivity index is 2.86. The van der Waals surface area contributed by atoms with Gasteiger partial charge in [0, 0.05) is 16.6 Å². The molecular formula is C9H6ClFN2. The van der Waals surface area contributed by atoms with Gasteiger partial charge < -0.3 is 5.73 Å². The first-order valence-electron chi connectivity index (χ1n) is 3.67. The van der Waals surface area contributed by atoms with Gasteiger partial charge in [0.15, 0.2) is 0 Å². The van der Waals surface area contributed by atoms with Crippen LogP contribution in [0.2, 0.25) is 5.02 Å². The summed E-state index contributed by atoms with van der Waals surface area (Å²) in [5.74, 6) is -0.0239. The molecule has 2 aromatic rings. The van der Waals surface area contributed by atoms with Crippen LogP contribution in [0, 0.1) is 5.82 Å². The number of aromatic nitrogens is 1. The van der Waals surface area contributed by atoms with E-state index in [1.54, 1.807) is 12.1 Å². The molecular weight excluding hydrogens is 191 g/mol. The molecule has 0 atom stereocenters. The van der Waals surface area contributed by atoms with E-state index in [2.05, 4.69) is 4.98 Å². The van der Waals surface area contributed by atoms with E-state index in [-0.39, 0.29) is 5.82 Å². The molecule has 0 saturated heterocycles. The third-order valence-electron chi connectivity index (χ3n) is 1.77. The molecule has 1 aromatic carbocycles. The summed E-state index contributed by atoms with van der Waals surface area (Å²) in [7, 11) is 0. The van der Waals surface area contributed by atoms with Gasteiger partial charge in [0.1, 0.15) is 11.6 Å². The highest BCUT2D eigenvalue weighted by molar-refractivity contribution is 6.31. The Hall–Kier alpha value is -1.35. The van der Waals surface area contributed by atoms with Crippen LogP contribution in [-0.4, -0.2) is 4.98 Å². The number of halogens is 2. The molecule has 0 saturated carbocycles. The van der Waals surface area contributed by atoms with Crippen LogP contribution in [0.1, 0.15) is 0 Å². The standard InChI is InChI=1S/C9H6ClFN2/c10-6-1-5-2-9(12)13-4-7(5)8(11)3-6/h1-4H,(H2,12,13). The zero-order valence-corrected chi connectivity index (χ0v) is 7.35. The van der Waals surface area contributed by atoms with E-state index >= 15 is 0 Å². The van der Waals surface area contributed by atoms with Crippen molar-refractivity contribution in [2.45, 2.75) is 0 Å². The van der Waals surface area contributed by atoms with Crippen LogP contribution in [0.15, 0.2) is 24.4 Å². The van der Waals surface area contributed by atoms with Gasteiger partial charge in [0.2, 0.25) is 0 Å². The molecule has 0 fully saturated rings. The lowest BCUT2D eigenvalue weighted by atomic mass is 10.1. The smallest absolute Gasteiger partial charge is 0.134 e. The highest BCUT2D eigenvalue weighted by Gasteiger charge is 2.03. The maximum atomic E-state index is 13.2. The predicted molar refractivity (Wildman–Crippen MR) is 51.1 cm³/mol. The van der Waals surface area contributed by atoms with Crippen molar-refractivity contribution in [2.24, 2.45) is 0 Å². The Morgan fingerprint density at radius 3 is 2.85 bits per heavy atom. The van der Waals surface area contributed by atoms with E-state index in [0.29, 0.717) is 21.6 Å². The minimum absolute atomic E-state index is 0.356. The first-order chi connectivity index (χ1) is 6.16. The number of anilines is 1. The van der Waals surface area contributed by atoms with Gasteiger partial charge in [-0.05, 0) is 23.6 Å². The van der Waals surface area contributed by atoms with Crippen molar-refractivity contribution < 1.29 is 4.39 Å². The van der Waals surface area contributed by atoms with E-state index in [9.17, 15) is 4.39 Å². The zero-order valence-electron chi connectivity index (χ0n) is 6.59. The second kappa shape index (κ2) is 2.85. The lowest BCUT2D eigenvalue weighted by molar-refractivity contribution is 0.639. The van der Waals surface area contributed by atoms with Gasteiger partial charge in [0.25, 0.3) is 0 Å². The van der Waals surface area contributed by atoms with Crippen molar-refractivity contribution in [3.8, 4) is 0 Å². The van der Waals surface area contributed by atoms with Gasteiger partial charge in [-0.2, -0.15) is 0 Å². The fourth-order valence-electron chi connectivity index (χ4n) is 1.20. The monoisotopic (exact) mass is 196 g/mol. The van der Waals surface area contributed by atoms with Gasteiger partial charge in [-0.15, -0.1) is 0 Å². The molecule has 0 aliphatic rings. The number of fused-ring (bicyclic) bond motifs is 1. The molecule has 13 heavy (non-hydrogen) atoms. The molecule has 0 amide bonds. The maximum Gasteiger partial charge on any atom is 0.134 e. The Morgan fingerprint density at radius 2 is 2.08 bits per heavy atom. The first kappa shape index (κ1) is 8.26. The van der Waals surface area contributed by atoms with Crippen molar-refractivity contribution in [1.29, 1.82) is 0 Å². The SMILES string of the molecule is Nc1cc2cc(Cl)cc(F)c2cn1. The molecule has 2 rings (SSSR count). The predicted octanol–water partition coefficient (Wildman–Crippen LogP) is 2.61. The Labute approximate surface area is 79.1 Å². The average molecular weight is 197 g/mol. The summed E-state index contributed by atoms with van der Waals surface area (Å²) in [4.78, 5) is 3.79. The quantitative estimate of drug-likeness (QED) is 0.704. The molecule has 0 unspecified atom stereocenters. The summed E-state index contributed by atoms with van der Waals surface area (Å²) < 4.78 is 13.2. The fraction of sp³-hybridized carbons (Fsp3) is 0. The summed E-state index contributed by atoms with van der Waals surface area (Å²) in [6.45, 7) is 0. The number of pyridine rings is 1. The highest BCUT2D eigenvalue weighted by Crippen LogP contribution is 2.23. The molecule has 0 bridgehead atoms. The first-order valence-corrected chi connectivity index (χ1v) is 4.05. The van der Waals surface area contributed by atoms with Gasteiger partial charge in [-0.25, -0.2) is 9.37 Å². The Morgan fingerprint density at radius 1 is 1.31 bits per heavy atom. The number of hydrogen-bond donors (Lipinski definition) is 1. The van der Waals surface area contributed by atoms with Crippen LogP contribution >= 0.6 is 11.6 Å². The van der Waals surface area contributed by atoms with Crippen LogP contribution in [0.25, 0.3) is 10.8 Å². The van der Waals surface area contributed by atoms with E-state index in [0.717, 1.165) is 0 Å². The van der Waals surface area contributed by atoms with Crippen molar-refractivity contribution in [3.63, 3.8) is 0 Å². The largest absolute Gasteiger partial charge is 0.384 e. The molecule has 66 valence electrons. The van der Waals surface area contributed by atoms with Gasteiger partial charge >= 0.3 is 0 Å². The topological polar surface area (TPSA) is 38.9 Å². The second-order valence-corrected chi connectivity index (χ2v) is 3.15. The second-order valence-electron chi connectivity index (χ2n) is 2.72. The number of nitrogens with two attached hydrogens (primary N) is 1. The molecule has 2 nitrogen and oxygen atoms in total. The van der Waals surface area contributed by atoms with E-state index < -0.39 is 0 Å². The van der Waals surface area contributed by atoms with Crippen LogP contribution in [-0.2, 0) is 0 Å². The van der Waals surface area contributed by atoms with Crippen molar-refractivity contribution >= 4 is 28.2 Å². The van der Waals surface area contributed by atoms with Crippen LogP contribution in [0.3, 0.4) is 0 Å². The van der Waals surface area contributed by atoms with Crippen molar-refractivity contribution in [1.82, 2.24) is 4.98 Å². The molecule has 0 spiro atoms. The molecule has 0 aliphatic carbocycles. The molecule has 1 aromatic heterocycles. The molecule has 1 heterocycles. The van der Waals surface area contributed by atoms with Crippen LogP contribution in [0.5, 0.6) is 0 Å². The summed E-state index contributed by atoms with van der Waals surface area (Å²) in [5.41, 5.74) is 5.45. The molecule has 0 aliphatic heterocycles. The van der Waals surface area contributed by atoms with E-state index in [1.165, 1.54) is 12.3 Å². The number of nitrogen functional groups attached to an aromatic ring is 1. The molecule has 2 N–H and O–H groups in total. The lowest BCUT2D eigenvalue weighted by Gasteiger charge is -2.00. The summed E-state index contributed by atoms with van der Waals surface area (Å²) in [5, 5.41) is 1.45. The van der Waals surface area contributed by atoms with Gasteiger partial charge in [0.05, 0.1) is 0 Å². The van der Waals surface area contributed by atoms with E-state index in [4.69, 9.17) is 17.3 Å². The van der Waals surface area contributed by atoms with E-state index in [1.807, 2.05) is 0 Å². The van der Waals surface area contributed by atoms with Crippen molar-refractivity contribution in [2.75, 3.05) is 5.73 Å². The average Bonchev–Trinajstić information content (AvgIpc) is 2.02. The minimum atomic E-state index is -0.380. The molecule has 0 radical (unpaired) electrons. The Bertz CT molecular complexity index is 465. The number of benzene rings is 1. The highest BCUT2D eigenvalue weighted by atomic mass is 35.5. The van der Waals surface area contributed by atoms with Crippen molar-refractivity contribution in [3.05, 3.63) is 35.2 Å². The summed E-state index contributed by atoms with van der Waals surface area (Å²) in [6, 6.07) is 4.49. The third-order valence-corrected chi connectivity index (χ3v) is 1.99. The fourth-order valence-corrected chi connectivity index (χ4v) is 1.41. The summed E-state index contributed by atoms with van der Waals surface area (Å²) >= 11 is 5.68. The lowest BCUT2D eigenvalue weighted by Crippen LogP contribution is -1.90. The normalized spacial score (nSPS) is 10.6. The van der Waals surface area contributed by atoms with Crippen LogP contribution in [0.4, 0.5) is 10.2 Å². The Kier molecular flexibility index (Phi) is 1.81. The number of nitrogens with zero attached hydrogens (tertiary/aromatic N) is 1. The van der Waals surface area contributed by atoms with Gasteiger partial charge in [-0.1, -0.05) is 11.6 Å². The minimum Gasteiger partial charge on any atom is -0.384 e. The third kappa shape index (κ3) is 1.42. The van der Waals surface area contributed by atoms with Gasteiger partial charge in [-0.3, -0.25) is 0 Å². The maximum absolute atomic E-state index is 13.2. The molecule has 4 heteroatoms. The number of hydrogen-bond acceptors (Lipinski definition) is 2. The summed E-state index contributed by atoms with van der Waals surface area (Å²) in [6.07, 6.45) is 1.40.